The summed E-state index contributed by atoms with van der Waals surface area (Å²) in [6.45, 7) is 0. The molecule has 0 saturated carbocycles. The third-order valence-corrected chi connectivity index (χ3v) is 1.64. The van der Waals surface area contributed by atoms with E-state index in [2.05, 4.69) is 9.97 Å². The second-order valence-corrected chi connectivity index (χ2v) is 2.60. The van der Waals surface area contributed by atoms with Gasteiger partial charge < -0.3 is 9.84 Å². The molecule has 0 aromatic carbocycles. The molecule has 0 aliphatic heterocycles. The van der Waals surface area contributed by atoms with Crippen molar-refractivity contribution in [3.05, 3.63) is 16.9 Å². The first-order valence-corrected chi connectivity index (χ1v) is 3.78. The van der Waals surface area contributed by atoms with E-state index < -0.39 is 5.97 Å². The number of hydrogen-bond donors (Lipinski definition) is 1. The maximum atomic E-state index is 10.3. The molecule has 1 rings (SSSR count). The van der Waals surface area contributed by atoms with Crippen LogP contribution in [0.25, 0.3) is 0 Å². The predicted molar refractivity (Wildman–Crippen MR) is 44.9 cm³/mol. The fraction of sp³-hybridized carbons (Fsp3) is 0.286. The topological polar surface area (TPSA) is 72.3 Å². The first-order chi connectivity index (χ1) is 6.13. The number of hydrogen-bond acceptors (Lipinski definition) is 4. The molecule has 0 bridgehead atoms. The fourth-order valence-corrected chi connectivity index (χ4v) is 0.939. The summed E-state index contributed by atoms with van der Waals surface area (Å²) < 4.78 is 4.70. The Morgan fingerprint density at radius 1 is 1.77 bits per heavy atom. The van der Waals surface area contributed by atoms with Crippen LogP contribution in [-0.2, 0) is 11.2 Å². The van der Waals surface area contributed by atoms with Crippen molar-refractivity contribution in [1.29, 1.82) is 0 Å². The first kappa shape index (κ1) is 9.73. The molecule has 0 radical (unpaired) electrons. The van der Waals surface area contributed by atoms with Crippen LogP contribution in [0.15, 0.2) is 6.20 Å². The lowest BCUT2D eigenvalue weighted by Gasteiger charge is -2.01. The van der Waals surface area contributed by atoms with Crippen LogP contribution < -0.4 is 4.74 Å². The molecular weight excluding hydrogens is 196 g/mol. The van der Waals surface area contributed by atoms with Crippen LogP contribution in [-0.4, -0.2) is 28.2 Å². The van der Waals surface area contributed by atoms with Gasteiger partial charge in [-0.05, 0) is 0 Å². The second-order valence-electron chi connectivity index (χ2n) is 2.24. The summed E-state index contributed by atoms with van der Waals surface area (Å²) >= 11 is 5.66. The molecule has 0 fully saturated rings. The number of carbonyl (C=O) groups is 1. The van der Waals surface area contributed by atoms with Gasteiger partial charge >= 0.3 is 12.0 Å². The zero-order valence-corrected chi connectivity index (χ0v) is 7.58. The Kier molecular flexibility index (Phi) is 3.02. The highest BCUT2D eigenvalue weighted by Crippen LogP contribution is 2.15. The maximum Gasteiger partial charge on any atom is 0.317 e. The SMILES string of the molecule is COc1ncc(CC(=O)O)c(Cl)n1. The molecule has 0 saturated heterocycles. The van der Waals surface area contributed by atoms with Gasteiger partial charge in [-0.15, -0.1) is 0 Å². The van der Waals surface area contributed by atoms with Crippen LogP contribution in [0.4, 0.5) is 0 Å². The minimum atomic E-state index is -0.976. The molecule has 0 aliphatic carbocycles. The Hall–Kier alpha value is -1.36. The van der Waals surface area contributed by atoms with Crippen molar-refractivity contribution in [1.82, 2.24) is 9.97 Å². The molecule has 0 aliphatic rings. The highest BCUT2D eigenvalue weighted by atomic mass is 35.5. The molecule has 0 unspecified atom stereocenters. The Labute approximate surface area is 79.3 Å². The lowest BCUT2D eigenvalue weighted by Crippen LogP contribution is -2.03. The molecule has 1 heterocycles. The van der Waals surface area contributed by atoms with Crippen molar-refractivity contribution in [2.75, 3.05) is 7.11 Å². The molecule has 0 amide bonds. The lowest BCUT2D eigenvalue weighted by molar-refractivity contribution is -0.136. The van der Waals surface area contributed by atoms with E-state index in [-0.39, 0.29) is 17.6 Å². The Morgan fingerprint density at radius 3 is 2.92 bits per heavy atom. The summed E-state index contributed by atoms with van der Waals surface area (Å²) in [6, 6.07) is 0.124. The summed E-state index contributed by atoms with van der Waals surface area (Å²) in [5, 5.41) is 8.58. The highest BCUT2D eigenvalue weighted by Gasteiger charge is 2.08. The number of ether oxygens (including phenoxy) is 1. The van der Waals surface area contributed by atoms with Crippen LogP contribution in [0, 0.1) is 0 Å². The molecule has 1 N–H and O–H groups in total. The molecule has 0 spiro atoms. The minimum absolute atomic E-state index is 0.106. The van der Waals surface area contributed by atoms with Gasteiger partial charge in [-0.2, -0.15) is 4.98 Å². The molecule has 1 aromatic heterocycles. The number of rotatable bonds is 3. The molecule has 0 atom stereocenters. The maximum absolute atomic E-state index is 10.3. The molecule has 6 heteroatoms. The van der Waals surface area contributed by atoms with E-state index in [4.69, 9.17) is 21.4 Å². The van der Waals surface area contributed by atoms with E-state index >= 15 is 0 Å². The average Bonchev–Trinajstić information content (AvgIpc) is 2.08. The monoisotopic (exact) mass is 202 g/mol. The smallest absolute Gasteiger partial charge is 0.317 e. The van der Waals surface area contributed by atoms with Crippen LogP contribution in [0.5, 0.6) is 6.01 Å². The molecule has 70 valence electrons. The van der Waals surface area contributed by atoms with Crippen molar-refractivity contribution in [2.45, 2.75) is 6.42 Å². The zero-order valence-electron chi connectivity index (χ0n) is 6.82. The van der Waals surface area contributed by atoms with Gasteiger partial charge in [0.05, 0.1) is 13.5 Å². The molecule has 1 aromatic rings. The van der Waals surface area contributed by atoms with Crippen molar-refractivity contribution < 1.29 is 14.6 Å². The van der Waals surface area contributed by atoms with Crippen molar-refractivity contribution in [2.24, 2.45) is 0 Å². The van der Waals surface area contributed by atoms with Gasteiger partial charge in [0, 0.05) is 11.8 Å². The molecule has 5 nitrogen and oxygen atoms in total. The third kappa shape index (κ3) is 2.55. The Balaban J connectivity index is 2.91. The number of nitrogens with zero attached hydrogens (tertiary/aromatic N) is 2. The van der Waals surface area contributed by atoms with Gasteiger partial charge in [-0.25, -0.2) is 4.98 Å². The van der Waals surface area contributed by atoms with Gasteiger partial charge in [0.25, 0.3) is 0 Å². The van der Waals surface area contributed by atoms with Crippen molar-refractivity contribution in [3.63, 3.8) is 0 Å². The summed E-state index contributed by atoms with van der Waals surface area (Å²) in [6.07, 6.45) is 1.14. The number of aromatic nitrogens is 2. The van der Waals surface area contributed by atoms with E-state index in [0.29, 0.717) is 5.56 Å². The average molecular weight is 203 g/mol. The molecule has 13 heavy (non-hydrogen) atoms. The number of aliphatic carboxylic acids is 1. The third-order valence-electron chi connectivity index (χ3n) is 1.31. The Morgan fingerprint density at radius 2 is 2.46 bits per heavy atom. The van der Waals surface area contributed by atoms with Crippen molar-refractivity contribution in [3.8, 4) is 6.01 Å². The van der Waals surface area contributed by atoms with Gasteiger partial charge in [0.15, 0.2) is 0 Å². The van der Waals surface area contributed by atoms with E-state index in [1.807, 2.05) is 0 Å². The normalized spacial score (nSPS) is 9.69. The van der Waals surface area contributed by atoms with Crippen LogP contribution >= 0.6 is 11.6 Å². The van der Waals surface area contributed by atoms with Gasteiger partial charge in [-0.3, -0.25) is 4.79 Å². The van der Waals surface area contributed by atoms with Crippen molar-refractivity contribution >= 4 is 17.6 Å². The molecular formula is C7H7ClN2O3. The van der Waals surface area contributed by atoms with E-state index in [1.165, 1.54) is 13.3 Å². The van der Waals surface area contributed by atoms with E-state index in [1.54, 1.807) is 0 Å². The highest BCUT2D eigenvalue weighted by molar-refractivity contribution is 6.30. The Bertz CT molecular complexity index is 330. The van der Waals surface area contributed by atoms with Gasteiger partial charge in [0.1, 0.15) is 5.15 Å². The van der Waals surface area contributed by atoms with Gasteiger partial charge in [0.2, 0.25) is 0 Å². The number of carboxylic acids is 1. The summed E-state index contributed by atoms with van der Waals surface area (Å²) in [4.78, 5) is 17.8. The summed E-state index contributed by atoms with van der Waals surface area (Å²) in [5.41, 5.74) is 0.370. The van der Waals surface area contributed by atoms with Crippen LogP contribution in [0.2, 0.25) is 5.15 Å². The van der Waals surface area contributed by atoms with Gasteiger partial charge in [-0.1, -0.05) is 11.6 Å². The summed E-state index contributed by atoms with van der Waals surface area (Å²) in [7, 11) is 1.41. The summed E-state index contributed by atoms with van der Waals surface area (Å²) in [5.74, 6) is -0.976. The van der Waals surface area contributed by atoms with Crippen LogP contribution in [0.1, 0.15) is 5.56 Å². The number of halogens is 1. The zero-order chi connectivity index (χ0) is 9.84. The number of methoxy groups -OCH3 is 1. The second kappa shape index (κ2) is 4.04. The fourth-order valence-electron chi connectivity index (χ4n) is 0.751. The number of carboxylic acid groups (broad SMARTS) is 1. The standard InChI is InChI=1S/C7H7ClN2O3/c1-13-7-9-3-4(2-5(11)12)6(8)10-7/h3H,2H2,1H3,(H,11,12). The van der Waals surface area contributed by atoms with E-state index in [0.717, 1.165) is 0 Å². The minimum Gasteiger partial charge on any atom is -0.481 e. The lowest BCUT2D eigenvalue weighted by atomic mass is 10.2. The predicted octanol–water partition coefficient (Wildman–Crippen LogP) is 0.766. The largest absolute Gasteiger partial charge is 0.481 e. The first-order valence-electron chi connectivity index (χ1n) is 3.40. The van der Waals surface area contributed by atoms with Crippen LogP contribution in [0.3, 0.4) is 0 Å². The quantitative estimate of drug-likeness (QED) is 0.733. The van der Waals surface area contributed by atoms with E-state index in [9.17, 15) is 4.79 Å².